The summed E-state index contributed by atoms with van der Waals surface area (Å²) in [6, 6.07) is 1.64. The molecule has 0 radical (unpaired) electrons. The van der Waals surface area contributed by atoms with Crippen LogP contribution in [-0.4, -0.2) is 22.5 Å². The minimum Gasteiger partial charge on any atom is -0.453 e. The molecule has 0 saturated heterocycles. The number of anilines is 1. The van der Waals surface area contributed by atoms with Gasteiger partial charge in [-0.3, -0.25) is 4.79 Å². The van der Waals surface area contributed by atoms with Gasteiger partial charge in [0.1, 0.15) is 5.60 Å². The highest BCUT2D eigenvalue weighted by Gasteiger charge is 2.22. The van der Waals surface area contributed by atoms with E-state index in [1.54, 1.807) is 39.2 Å². The molecule has 1 amide bonds. The normalized spacial score (nSPS) is 10.9. The van der Waals surface area contributed by atoms with Crippen molar-refractivity contribution in [1.29, 1.82) is 0 Å². The molecule has 0 aliphatic heterocycles. The molecule has 0 aliphatic carbocycles. The summed E-state index contributed by atoms with van der Waals surface area (Å²) in [5.74, 6) is -1.66. The Kier molecular flexibility index (Phi) is 3.14. The fourth-order valence-corrected chi connectivity index (χ4v) is 0.908. The summed E-state index contributed by atoms with van der Waals surface area (Å²) in [5, 5.41) is 2.40. The smallest absolute Gasteiger partial charge is 0.397 e. The minimum absolute atomic E-state index is 0.533. The van der Waals surface area contributed by atoms with Gasteiger partial charge in [0.25, 0.3) is 0 Å². The highest BCUT2D eigenvalue weighted by molar-refractivity contribution is 6.37. The second-order valence-corrected chi connectivity index (χ2v) is 4.06. The van der Waals surface area contributed by atoms with Crippen LogP contribution in [0.25, 0.3) is 0 Å². The molecule has 82 valence electrons. The topological polar surface area (TPSA) is 71.2 Å². The van der Waals surface area contributed by atoms with Crippen LogP contribution in [0.2, 0.25) is 0 Å². The number of H-pyrrole nitrogens is 1. The summed E-state index contributed by atoms with van der Waals surface area (Å²) in [5.41, 5.74) is -0.127. The highest BCUT2D eigenvalue weighted by atomic mass is 16.6. The van der Waals surface area contributed by atoms with Crippen LogP contribution < -0.4 is 5.32 Å². The van der Waals surface area contributed by atoms with Gasteiger partial charge in [-0.25, -0.2) is 4.79 Å². The van der Waals surface area contributed by atoms with Crippen molar-refractivity contribution in [2.45, 2.75) is 26.4 Å². The summed E-state index contributed by atoms with van der Waals surface area (Å²) >= 11 is 0. The standard InChI is InChI=1S/C10H14N2O3/c1-10(2,3)15-9(14)8(13)12-7-4-5-11-6-7/h4-6,11H,1-3H3,(H,12,13). The Morgan fingerprint density at radius 1 is 1.40 bits per heavy atom. The number of nitrogens with one attached hydrogen (secondary N) is 2. The van der Waals surface area contributed by atoms with Gasteiger partial charge in [-0.15, -0.1) is 0 Å². The van der Waals surface area contributed by atoms with Gasteiger partial charge >= 0.3 is 11.9 Å². The van der Waals surface area contributed by atoms with E-state index in [9.17, 15) is 9.59 Å². The largest absolute Gasteiger partial charge is 0.453 e. The van der Waals surface area contributed by atoms with E-state index < -0.39 is 17.5 Å². The van der Waals surface area contributed by atoms with Crippen LogP contribution in [0.3, 0.4) is 0 Å². The lowest BCUT2D eigenvalue weighted by molar-refractivity contribution is -0.161. The van der Waals surface area contributed by atoms with E-state index in [2.05, 4.69) is 10.3 Å². The summed E-state index contributed by atoms with van der Waals surface area (Å²) in [6.07, 6.45) is 3.22. The van der Waals surface area contributed by atoms with Crippen molar-refractivity contribution >= 4 is 17.6 Å². The third kappa shape index (κ3) is 3.84. The zero-order chi connectivity index (χ0) is 11.5. The molecule has 1 rings (SSSR count). The highest BCUT2D eigenvalue weighted by Crippen LogP contribution is 2.08. The van der Waals surface area contributed by atoms with E-state index >= 15 is 0 Å². The van der Waals surface area contributed by atoms with Gasteiger partial charge in [0.2, 0.25) is 0 Å². The first-order valence-corrected chi connectivity index (χ1v) is 4.55. The van der Waals surface area contributed by atoms with Crippen LogP contribution in [0.1, 0.15) is 20.8 Å². The average molecular weight is 210 g/mol. The number of hydrogen-bond acceptors (Lipinski definition) is 3. The Balaban J connectivity index is 2.51. The molecular weight excluding hydrogens is 196 g/mol. The molecule has 2 N–H and O–H groups in total. The Hall–Kier alpha value is -1.78. The van der Waals surface area contributed by atoms with E-state index in [-0.39, 0.29) is 0 Å². The van der Waals surface area contributed by atoms with E-state index in [4.69, 9.17) is 4.74 Å². The number of aromatic nitrogens is 1. The van der Waals surface area contributed by atoms with E-state index in [1.165, 1.54) is 0 Å². The van der Waals surface area contributed by atoms with E-state index in [1.807, 2.05) is 0 Å². The van der Waals surface area contributed by atoms with Crippen molar-refractivity contribution in [3.05, 3.63) is 18.5 Å². The van der Waals surface area contributed by atoms with Crippen LogP contribution in [0, 0.1) is 0 Å². The quantitative estimate of drug-likeness (QED) is 0.542. The van der Waals surface area contributed by atoms with Crippen LogP contribution in [0.4, 0.5) is 5.69 Å². The van der Waals surface area contributed by atoms with Crippen LogP contribution in [0.5, 0.6) is 0 Å². The van der Waals surface area contributed by atoms with Crippen LogP contribution >= 0.6 is 0 Å². The lowest BCUT2D eigenvalue weighted by Gasteiger charge is -2.18. The Morgan fingerprint density at radius 2 is 2.07 bits per heavy atom. The number of esters is 1. The molecule has 0 unspecified atom stereocenters. The number of rotatable bonds is 1. The lowest BCUT2D eigenvalue weighted by Crippen LogP contribution is -2.32. The average Bonchev–Trinajstić information content (AvgIpc) is 2.53. The third-order valence-corrected chi connectivity index (χ3v) is 1.44. The number of aromatic amines is 1. The molecule has 1 aromatic heterocycles. The second kappa shape index (κ2) is 4.16. The Bertz CT molecular complexity index is 349. The van der Waals surface area contributed by atoms with Crippen molar-refractivity contribution in [3.8, 4) is 0 Å². The number of amides is 1. The molecule has 1 aromatic rings. The zero-order valence-electron chi connectivity index (χ0n) is 8.96. The first-order chi connectivity index (χ1) is 6.88. The van der Waals surface area contributed by atoms with Gasteiger partial charge in [0, 0.05) is 12.4 Å². The Morgan fingerprint density at radius 3 is 2.53 bits per heavy atom. The maximum atomic E-state index is 11.3. The van der Waals surface area contributed by atoms with Crippen molar-refractivity contribution < 1.29 is 14.3 Å². The van der Waals surface area contributed by atoms with Crippen molar-refractivity contribution in [2.75, 3.05) is 5.32 Å². The molecule has 0 fully saturated rings. The number of carbonyl (C=O) groups excluding carboxylic acids is 2. The molecule has 0 aliphatic rings. The van der Waals surface area contributed by atoms with Gasteiger partial charge in [-0.05, 0) is 26.8 Å². The molecule has 0 atom stereocenters. The maximum absolute atomic E-state index is 11.3. The predicted octanol–water partition coefficient (Wildman–Crippen LogP) is 1.29. The number of hydrogen-bond donors (Lipinski definition) is 2. The molecule has 0 saturated carbocycles. The summed E-state index contributed by atoms with van der Waals surface area (Å²) in [6.45, 7) is 5.11. The minimum atomic E-state index is -0.885. The molecule has 0 aromatic carbocycles. The summed E-state index contributed by atoms with van der Waals surface area (Å²) < 4.78 is 4.89. The van der Waals surface area contributed by atoms with Crippen molar-refractivity contribution in [3.63, 3.8) is 0 Å². The van der Waals surface area contributed by atoms with Crippen molar-refractivity contribution in [1.82, 2.24) is 4.98 Å². The molecule has 0 spiro atoms. The SMILES string of the molecule is CC(C)(C)OC(=O)C(=O)Nc1cc[nH]c1. The Labute approximate surface area is 87.8 Å². The molecule has 15 heavy (non-hydrogen) atoms. The van der Waals surface area contributed by atoms with Gasteiger partial charge in [0.15, 0.2) is 0 Å². The van der Waals surface area contributed by atoms with Gasteiger partial charge in [0.05, 0.1) is 5.69 Å². The fraction of sp³-hybridized carbons (Fsp3) is 0.400. The van der Waals surface area contributed by atoms with Crippen LogP contribution in [0.15, 0.2) is 18.5 Å². The summed E-state index contributed by atoms with van der Waals surface area (Å²) in [4.78, 5) is 25.3. The van der Waals surface area contributed by atoms with Crippen LogP contribution in [-0.2, 0) is 14.3 Å². The maximum Gasteiger partial charge on any atom is 0.397 e. The monoisotopic (exact) mass is 210 g/mol. The molecule has 0 bridgehead atoms. The summed E-state index contributed by atoms with van der Waals surface area (Å²) in [7, 11) is 0. The van der Waals surface area contributed by atoms with Gasteiger partial charge in [-0.2, -0.15) is 0 Å². The molecule has 5 heteroatoms. The number of carbonyl (C=O) groups is 2. The first kappa shape index (κ1) is 11.3. The fourth-order valence-electron chi connectivity index (χ4n) is 0.908. The van der Waals surface area contributed by atoms with E-state index in [0.717, 1.165) is 0 Å². The zero-order valence-corrected chi connectivity index (χ0v) is 8.96. The molecular formula is C10H14N2O3. The van der Waals surface area contributed by atoms with E-state index in [0.29, 0.717) is 5.69 Å². The predicted molar refractivity (Wildman–Crippen MR) is 55.3 cm³/mol. The molecule has 5 nitrogen and oxygen atoms in total. The van der Waals surface area contributed by atoms with Gasteiger partial charge in [-0.1, -0.05) is 0 Å². The molecule has 1 heterocycles. The van der Waals surface area contributed by atoms with Crippen molar-refractivity contribution in [2.24, 2.45) is 0 Å². The second-order valence-electron chi connectivity index (χ2n) is 4.06. The third-order valence-electron chi connectivity index (χ3n) is 1.44. The number of ether oxygens (including phenoxy) is 1. The first-order valence-electron chi connectivity index (χ1n) is 4.55. The lowest BCUT2D eigenvalue weighted by atomic mass is 10.2. The van der Waals surface area contributed by atoms with Gasteiger partial charge < -0.3 is 15.0 Å².